The Balaban J connectivity index is 1.68. The van der Waals surface area contributed by atoms with Crippen LogP contribution in [0.5, 0.6) is 11.6 Å². The highest BCUT2D eigenvalue weighted by Crippen LogP contribution is 2.44. The summed E-state index contributed by atoms with van der Waals surface area (Å²) in [5.41, 5.74) is 2.56. The predicted molar refractivity (Wildman–Crippen MR) is 111 cm³/mol. The van der Waals surface area contributed by atoms with Crippen LogP contribution in [-0.4, -0.2) is 27.7 Å². The van der Waals surface area contributed by atoms with E-state index in [0.717, 1.165) is 5.56 Å². The summed E-state index contributed by atoms with van der Waals surface area (Å²) in [4.78, 5) is 19.2. The highest BCUT2D eigenvalue weighted by Gasteiger charge is 2.21. The van der Waals surface area contributed by atoms with Gasteiger partial charge < -0.3 is 14.8 Å². The van der Waals surface area contributed by atoms with Gasteiger partial charge in [0.15, 0.2) is 5.75 Å². The number of rotatable bonds is 5. The van der Waals surface area contributed by atoms with E-state index in [1.165, 1.54) is 10.8 Å². The molecule has 2 aromatic carbocycles. The lowest BCUT2D eigenvalue weighted by molar-refractivity contribution is 0.192. The maximum absolute atomic E-state index is 12.7. The zero-order chi connectivity index (χ0) is 21.3. The number of ether oxygens (including phenoxy) is 1. The molecule has 2 heterocycles. The van der Waals surface area contributed by atoms with E-state index in [0.29, 0.717) is 22.4 Å². The van der Waals surface area contributed by atoms with Gasteiger partial charge in [0.25, 0.3) is 0 Å². The number of nitrogens with zero attached hydrogens (tertiary/aromatic N) is 3. The molecule has 0 bridgehead atoms. The van der Waals surface area contributed by atoms with Crippen molar-refractivity contribution in [2.75, 3.05) is 6.86 Å². The molecule has 0 radical (unpaired) electrons. The number of aromatic nitrogens is 2. The Morgan fingerprint density at radius 2 is 2.07 bits per heavy atom. The number of hydrogen-bond donors (Lipinski definition) is 2. The Hall–Kier alpha value is -3.83. The van der Waals surface area contributed by atoms with Crippen LogP contribution in [-0.2, 0) is 6.54 Å². The van der Waals surface area contributed by atoms with Crippen LogP contribution in [0.3, 0.4) is 0 Å². The fourth-order valence-electron chi connectivity index (χ4n) is 3.17. The van der Waals surface area contributed by atoms with Crippen LogP contribution in [0.1, 0.15) is 22.4 Å². The average molecular weight is 425 g/mol. The third-order valence-electron chi connectivity index (χ3n) is 4.63. The smallest absolute Gasteiger partial charge is 0.329 e. The van der Waals surface area contributed by atoms with Gasteiger partial charge in [-0.05, 0) is 29.8 Å². The molecule has 4 rings (SSSR count). The first-order valence-electron chi connectivity index (χ1n) is 8.80. The molecule has 1 aliphatic heterocycles. The molecule has 1 aromatic heterocycles. The number of alkyl halides is 1. The number of halogens is 2. The Bertz CT molecular complexity index is 1280. The number of nitriles is 1. The quantitative estimate of drug-likeness (QED) is 0.645. The van der Waals surface area contributed by atoms with Gasteiger partial charge in [-0.2, -0.15) is 5.26 Å². The normalized spacial score (nSPS) is 13.4. The molecule has 0 amide bonds. The van der Waals surface area contributed by atoms with Crippen molar-refractivity contribution in [3.8, 4) is 17.7 Å². The highest BCUT2D eigenvalue weighted by atomic mass is 35.5. The van der Waals surface area contributed by atoms with Crippen LogP contribution >= 0.6 is 11.6 Å². The molecule has 0 saturated heterocycles. The minimum absolute atomic E-state index is 0.130. The van der Waals surface area contributed by atoms with Crippen LogP contribution in [0.2, 0.25) is 5.02 Å². The first kappa shape index (κ1) is 19.5. The number of nitrogens with one attached hydrogen (secondary N) is 1. The minimum Gasteiger partial charge on any atom is -0.493 e. The van der Waals surface area contributed by atoms with E-state index in [-0.39, 0.29) is 28.9 Å². The largest absolute Gasteiger partial charge is 0.493 e. The summed E-state index contributed by atoms with van der Waals surface area (Å²) in [5, 5.41) is 19.7. The van der Waals surface area contributed by atoms with Gasteiger partial charge in [-0.15, -0.1) is 0 Å². The zero-order valence-corrected chi connectivity index (χ0v) is 16.2. The van der Waals surface area contributed by atoms with Gasteiger partial charge in [-0.3, -0.25) is 9.56 Å². The zero-order valence-electron chi connectivity index (χ0n) is 15.4. The first-order chi connectivity index (χ1) is 14.5. The molecule has 1 aliphatic rings. The molecule has 2 N–H and O–H groups in total. The van der Waals surface area contributed by atoms with E-state index in [1.54, 1.807) is 42.5 Å². The number of aromatic hydroxyl groups is 1. The van der Waals surface area contributed by atoms with Crippen molar-refractivity contribution < 1.29 is 14.2 Å². The second kappa shape index (κ2) is 7.89. The molecule has 9 heteroatoms. The van der Waals surface area contributed by atoms with Crippen molar-refractivity contribution in [2.45, 2.75) is 6.54 Å². The molecule has 30 heavy (non-hydrogen) atoms. The highest BCUT2D eigenvalue weighted by molar-refractivity contribution is 6.33. The number of H-pyrrole nitrogens is 1. The molecule has 0 unspecified atom stereocenters. The van der Waals surface area contributed by atoms with E-state index in [1.807, 2.05) is 6.07 Å². The van der Waals surface area contributed by atoms with E-state index in [9.17, 15) is 14.3 Å². The second-order valence-corrected chi connectivity index (χ2v) is 6.85. The summed E-state index contributed by atoms with van der Waals surface area (Å²) >= 11 is 6.05. The molecule has 7 nitrogen and oxygen atoms in total. The van der Waals surface area contributed by atoms with E-state index in [4.69, 9.17) is 21.6 Å². The molecule has 150 valence electrons. The van der Waals surface area contributed by atoms with E-state index >= 15 is 0 Å². The summed E-state index contributed by atoms with van der Waals surface area (Å²) in [6.07, 6.45) is 3.08. The lowest BCUT2D eigenvalue weighted by atomic mass is 10.1. The van der Waals surface area contributed by atoms with Crippen LogP contribution in [0.15, 0.2) is 46.2 Å². The SMILES string of the molecule is N#Cc1ccc(Cn2c(O)c(C=C3C=Nc4c3ccc(Cl)c4OCF)[nH]c2=O)cc1. The number of allylic oxidation sites excluding steroid dienone is 1. The minimum atomic E-state index is -1.04. The summed E-state index contributed by atoms with van der Waals surface area (Å²) in [6, 6.07) is 12.0. The number of imidazole rings is 1. The van der Waals surface area contributed by atoms with E-state index in [2.05, 4.69) is 9.98 Å². The number of aromatic amines is 1. The van der Waals surface area contributed by atoms with Gasteiger partial charge in [-0.1, -0.05) is 29.8 Å². The number of hydrogen-bond acceptors (Lipinski definition) is 5. The average Bonchev–Trinajstić information content (AvgIpc) is 3.27. The molecule has 3 aromatic rings. The lowest BCUT2D eigenvalue weighted by Gasteiger charge is -2.08. The van der Waals surface area contributed by atoms with Crippen molar-refractivity contribution in [3.05, 3.63) is 74.3 Å². The Labute approximate surface area is 175 Å². The van der Waals surface area contributed by atoms with Crippen molar-refractivity contribution in [3.63, 3.8) is 0 Å². The Morgan fingerprint density at radius 1 is 1.30 bits per heavy atom. The van der Waals surface area contributed by atoms with Crippen LogP contribution < -0.4 is 10.4 Å². The van der Waals surface area contributed by atoms with Crippen molar-refractivity contribution in [1.82, 2.24) is 9.55 Å². The van der Waals surface area contributed by atoms with Gasteiger partial charge in [0.1, 0.15) is 11.4 Å². The number of fused-ring (bicyclic) bond motifs is 1. The van der Waals surface area contributed by atoms with Gasteiger partial charge >= 0.3 is 5.69 Å². The lowest BCUT2D eigenvalue weighted by Crippen LogP contribution is -2.17. The first-order valence-corrected chi connectivity index (χ1v) is 9.18. The van der Waals surface area contributed by atoms with E-state index < -0.39 is 12.6 Å². The summed E-state index contributed by atoms with van der Waals surface area (Å²) < 4.78 is 18.8. The number of benzene rings is 2. The molecule has 0 atom stereocenters. The molecular formula is C21H14ClFN4O3. The fourth-order valence-corrected chi connectivity index (χ4v) is 3.38. The molecule has 0 fully saturated rings. The van der Waals surface area contributed by atoms with Gasteiger partial charge in [0.2, 0.25) is 12.7 Å². The third kappa shape index (κ3) is 3.47. The molecular weight excluding hydrogens is 411 g/mol. The standard InChI is InChI=1S/C21H14ClFN4O3/c22-16-6-5-15-14(9-25-18(15)19(16)30-11-23)7-17-20(28)27(21(29)26-17)10-13-3-1-12(8-24)2-4-13/h1-7,9,28H,10-11H2,(H,26,29). The maximum Gasteiger partial charge on any atom is 0.329 e. The van der Waals surface area contributed by atoms with Crippen LogP contribution in [0, 0.1) is 11.3 Å². The summed E-state index contributed by atoms with van der Waals surface area (Å²) in [5.74, 6) is -0.111. The Kier molecular flexibility index (Phi) is 5.12. The third-order valence-corrected chi connectivity index (χ3v) is 4.93. The molecule has 0 saturated carbocycles. The monoisotopic (exact) mass is 424 g/mol. The van der Waals surface area contributed by atoms with Gasteiger partial charge in [0, 0.05) is 17.4 Å². The predicted octanol–water partition coefficient (Wildman–Crippen LogP) is 4.02. The second-order valence-electron chi connectivity index (χ2n) is 6.45. The van der Waals surface area contributed by atoms with Crippen molar-refractivity contribution in [2.24, 2.45) is 4.99 Å². The summed E-state index contributed by atoms with van der Waals surface area (Å²) in [6.45, 7) is -0.915. The topological polar surface area (TPSA) is 103 Å². The van der Waals surface area contributed by atoms with Crippen molar-refractivity contribution >= 4 is 35.2 Å². The maximum atomic E-state index is 12.7. The van der Waals surface area contributed by atoms with Gasteiger partial charge in [-0.25, -0.2) is 9.18 Å². The van der Waals surface area contributed by atoms with Crippen LogP contribution in [0.4, 0.5) is 10.1 Å². The summed E-state index contributed by atoms with van der Waals surface area (Å²) in [7, 11) is 0. The fraction of sp³-hybridized carbons (Fsp3) is 0.0952. The Morgan fingerprint density at radius 3 is 2.77 bits per heavy atom. The molecule has 0 aliphatic carbocycles. The van der Waals surface area contributed by atoms with Crippen LogP contribution in [0.25, 0.3) is 11.6 Å². The van der Waals surface area contributed by atoms with Crippen molar-refractivity contribution in [1.29, 1.82) is 5.26 Å². The van der Waals surface area contributed by atoms with Gasteiger partial charge in [0.05, 0.1) is 23.2 Å². The number of aliphatic imine (C=N–C) groups is 1. The molecule has 0 spiro atoms.